The maximum Gasteiger partial charge on any atom is 0.110 e. The van der Waals surface area contributed by atoms with Crippen LogP contribution >= 0.6 is 8.81 Å². The minimum atomic E-state index is -0.659. The molecule has 0 aromatic heterocycles. The number of fused-ring (bicyclic) bond motifs is 1. The number of hydrogen-bond donors (Lipinski definition) is 1. The summed E-state index contributed by atoms with van der Waals surface area (Å²) in [5, 5.41) is 11.5. The Hall–Kier alpha value is -0.330. The zero-order valence-corrected chi connectivity index (χ0v) is 13.6. The van der Waals surface area contributed by atoms with Crippen LogP contribution in [0.15, 0.2) is 23.5 Å². The average molecular weight is 280 g/mol. The monoisotopic (exact) mass is 280 g/mol. The SMILES string of the molecule is CPOC1=C[C@@H](C)[C@@]2(O)CC3CC=C(C)C12C3(C)C. The van der Waals surface area contributed by atoms with E-state index < -0.39 is 5.60 Å². The van der Waals surface area contributed by atoms with Gasteiger partial charge >= 0.3 is 0 Å². The Morgan fingerprint density at radius 1 is 1.42 bits per heavy atom. The molecule has 0 amide bonds. The first kappa shape index (κ1) is 13.6. The molecule has 0 aromatic rings. The predicted octanol–water partition coefficient (Wildman–Crippen LogP) is 3.87. The van der Waals surface area contributed by atoms with Gasteiger partial charge in [0, 0.05) is 5.92 Å². The lowest BCUT2D eigenvalue weighted by Gasteiger charge is -2.51. The molecule has 0 radical (unpaired) electrons. The van der Waals surface area contributed by atoms with Gasteiger partial charge in [0.15, 0.2) is 0 Å². The van der Waals surface area contributed by atoms with Gasteiger partial charge in [-0.3, -0.25) is 0 Å². The molecule has 2 nitrogen and oxygen atoms in total. The molecule has 0 aromatic carbocycles. The van der Waals surface area contributed by atoms with E-state index in [0.717, 1.165) is 18.6 Å². The van der Waals surface area contributed by atoms with E-state index >= 15 is 0 Å². The first-order chi connectivity index (χ1) is 8.82. The molecule has 3 aliphatic rings. The van der Waals surface area contributed by atoms with Crippen molar-refractivity contribution in [2.45, 2.75) is 46.1 Å². The highest BCUT2D eigenvalue weighted by atomic mass is 31.1. The minimum Gasteiger partial charge on any atom is -0.481 e. The fourth-order valence-electron chi connectivity index (χ4n) is 5.31. The summed E-state index contributed by atoms with van der Waals surface area (Å²) in [7, 11) is 0.433. The fourth-order valence-corrected chi connectivity index (χ4v) is 5.75. The maximum absolute atomic E-state index is 11.5. The van der Waals surface area contributed by atoms with E-state index in [9.17, 15) is 5.11 Å². The molecule has 1 spiro atoms. The van der Waals surface area contributed by atoms with Gasteiger partial charge in [-0.05, 0) is 43.8 Å². The molecule has 3 aliphatic carbocycles. The first-order valence-electron chi connectivity index (χ1n) is 7.28. The Labute approximate surface area is 118 Å². The van der Waals surface area contributed by atoms with E-state index in [2.05, 4.69) is 46.5 Å². The summed E-state index contributed by atoms with van der Waals surface area (Å²) in [4.78, 5) is 0. The van der Waals surface area contributed by atoms with E-state index in [0.29, 0.717) is 14.7 Å². The summed E-state index contributed by atoms with van der Waals surface area (Å²) in [5.74, 6) is 1.75. The van der Waals surface area contributed by atoms with E-state index in [1.165, 1.54) is 5.57 Å². The Morgan fingerprint density at radius 3 is 2.74 bits per heavy atom. The van der Waals surface area contributed by atoms with Crippen LogP contribution < -0.4 is 0 Å². The molecule has 3 rings (SSSR count). The van der Waals surface area contributed by atoms with Gasteiger partial charge in [-0.25, -0.2) is 0 Å². The third-order valence-electron chi connectivity index (χ3n) is 6.23. The van der Waals surface area contributed by atoms with Crippen LogP contribution in [0.4, 0.5) is 0 Å². The molecule has 1 N–H and O–H groups in total. The highest BCUT2D eigenvalue weighted by Gasteiger charge is 2.75. The molecule has 0 aliphatic heterocycles. The van der Waals surface area contributed by atoms with Gasteiger partial charge in [0.05, 0.1) is 19.8 Å². The predicted molar refractivity (Wildman–Crippen MR) is 80.2 cm³/mol. The van der Waals surface area contributed by atoms with E-state index in [1.807, 2.05) is 0 Å². The van der Waals surface area contributed by atoms with Crippen LogP contribution in [0.5, 0.6) is 0 Å². The smallest absolute Gasteiger partial charge is 0.110 e. The lowest BCUT2D eigenvalue weighted by Crippen LogP contribution is -2.53. The lowest BCUT2D eigenvalue weighted by molar-refractivity contribution is -0.0786. The van der Waals surface area contributed by atoms with E-state index in [-0.39, 0.29) is 16.7 Å². The second-order valence-corrected chi connectivity index (χ2v) is 7.66. The Morgan fingerprint density at radius 2 is 2.11 bits per heavy atom. The van der Waals surface area contributed by atoms with Crippen molar-refractivity contribution in [3.8, 4) is 0 Å². The van der Waals surface area contributed by atoms with Crippen molar-refractivity contribution < 1.29 is 9.63 Å². The van der Waals surface area contributed by atoms with Crippen molar-refractivity contribution >= 4 is 8.81 Å². The summed E-state index contributed by atoms with van der Waals surface area (Å²) >= 11 is 0. The zero-order valence-electron chi connectivity index (χ0n) is 12.6. The highest BCUT2D eigenvalue weighted by molar-refractivity contribution is 7.31. The highest BCUT2D eigenvalue weighted by Crippen LogP contribution is 2.75. The summed E-state index contributed by atoms with van der Waals surface area (Å²) in [6.07, 6.45) is 6.50. The number of hydrogen-bond acceptors (Lipinski definition) is 2. The van der Waals surface area contributed by atoms with Crippen LogP contribution in [-0.2, 0) is 4.52 Å². The lowest BCUT2D eigenvalue weighted by atomic mass is 9.54. The number of aliphatic hydroxyl groups is 1. The summed E-state index contributed by atoms with van der Waals surface area (Å²) in [6.45, 7) is 11.0. The summed E-state index contributed by atoms with van der Waals surface area (Å²) in [5.41, 5.74) is 0.415. The van der Waals surface area contributed by atoms with Crippen LogP contribution in [0.3, 0.4) is 0 Å². The molecule has 106 valence electrons. The Bertz CT molecular complexity index is 479. The van der Waals surface area contributed by atoms with Crippen molar-refractivity contribution in [3.05, 3.63) is 23.5 Å². The minimum absolute atomic E-state index is 0.0663. The summed E-state index contributed by atoms with van der Waals surface area (Å²) < 4.78 is 6.02. The second kappa shape index (κ2) is 3.86. The van der Waals surface area contributed by atoms with Crippen LogP contribution in [0.25, 0.3) is 0 Å². The van der Waals surface area contributed by atoms with E-state index in [4.69, 9.17) is 4.52 Å². The van der Waals surface area contributed by atoms with Crippen LogP contribution in [0.1, 0.15) is 40.5 Å². The topological polar surface area (TPSA) is 29.5 Å². The van der Waals surface area contributed by atoms with Crippen molar-refractivity contribution in [1.29, 1.82) is 0 Å². The second-order valence-electron chi connectivity index (χ2n) is 7.05. The molecular weight excluding hydrogens is 255 g/mol. The van der Waals surface area contributed by atoms with Gasteiger partial charge in [0.25, 0.3) is 0 Å². The first-order valence-corrected chi connectivity index (χ1v) is 8.68. The molecule has 1 fully saturated rings. The standard InChI is InChI=1S/C16H25O2P/c1-10-6-7-12-9-15(17)11(2)8-13(18-19-5)16(10,15)14(12,3)4/h6,8,11-12,17,19H,7,9H2,1-5H3/t11-,12?,15+,16?/m1/s1. The normalized spacial score (nSPS) is 47.3. The van der Waals surface area contributed by atoms with Gasteiger partial charge in [-0.15, -0.1) is 0 Å². The molecule has 3 heteroatoms. The molecular formula is C16H25O2P. The molecule has 0 saturated heterocycles. The van der Waals surface area contributed by atoms with Crippen molar-refractivity contribution in [1.82, 2.24) is 0 Å². The van der Waals surface area contributed by atoms with Gasteiger partial charge in [0.2, 0.25) is 0 Å². The molecule has 1 saturated carbocycles. The molecule has 3 unspecified atom stereocenters. The Kier molecular flexibility index (Phi) is 2.77. The third kappa shape index (κ3) is 1.26. The number of allylic oxidation sites excluding steroid dienone is 1. The van der Waals surface area contributed by atoms with Gasteiger partial charge in [-0.1, -0.05) is 32.4 Å². The van der Waals surface area contributed by atoms with Crippen molar-refractivity contribution in [2.75, 3.05) is 6.66 Å². The molecule has 2 bridgehead atoms. The van der Waals surface area contributed by atoms with Crippen LogP contribution in [-0.4, -0.2) is 17.4 Å². The zero-order chi connectivity index (χ0) is 14.1. The van der Waals surface area contributed by atoms with Crippen molar-refractivity contribution in [3.63, 3.8) is 0 Å². The van der Waals surface area contributed by atoms with Crippen LogP contribution in [0, 0.1) is 22.7 Å². The molecule has 0 heterocycles. The average Bonchev–Trinajstić information content (AvgIpc) is 2.57. The van der Waals surface area contributed by atoms with Gasteiger partial charge in [-0.2, -0.15) is 0 Å². The van der Waals surface area contributed by atoms with Gasteiger partial charge in [0.1, 0.15) is 5.76 Å². The van der Waals surface area contributed by atoms with E-state index in [1.54, 1.807) is 0 Å². The Balaban J connectivity index is 2.26. The third-order valence-corrected chi connectivity index (χ3v) is 6.65. The van der Waals surface area contributed by atoms with Gasteiger partial charge < -0.3 is 9.63 Å². The quantitative estimate of drug-likeness (QED) is 0.614. The molecule has 19 heavy (non-hydrogen) atoms. The van der Waals surface area contributed by atoms with Crippen LogP contribution in [0.2, 0.25) is 0 Å². The number of rotatable bonds is 2. The maximum atomic E-state index is 11.5. The van der Waals surface area contributed by atoms with Crippen molar-refractivity contribution in [2.24, 2.45) is 22.7 Å². The molecule has 5 atom stereocenters. The summed E-state index contributed by atoms with van der Waals surface area (Å²) in [6, 6.07) is 0. The fraction of sp³-hybridized carbons (Fsp3) is 0.750. The largest absolute Gasteiger partial charge is 0.481 e.